The van der Waals surface area contributed by atoms with Crippen LogP contribution in [0.25, 0.3) is 0 Å². The van der Waals surface area contributed by atoms with Crippen LogP contribution in [0.4, 0.5) is 4.39 Å². The van der Waals surface area contributed by atoms with Crippen LogP contribution in [0.3, 0.4) is 0 Å². The fourth-order valence-electron chi connectivity index (χ4n) is 5.12. The average Bonchev–Trinajstić information content (AvgIpc) is 3.30. The number of rotatable bonds is 5. The lowest BCUT2D eigenvalue weighted by Gasteiger charge is -2.44. The van der Waals surface area contributed by atoms with Crippen molar-refractivity contribution in [2.45, 2.75) is 38.1 Å². The van der Waals surface area contributed by atoms with Gasteiger partial charge in [-0.05, 0) is 55.5 Å². The van der Waals surface area contributed by atoms with Gasteiger partial charge in [-0.3, -0.25) is 24.3 Å². The van der Waals surface area contributed by atoms with Gasteiger partial charge in [0.1, 0.15) is 17.6 Å². The standard InChI is InChI=1S/C29H29FN4O4/c1-20-5-4-6-22(17-20)27(36)33-15-12-29(13-16-33)34(28(37)21-8-10-23(30)11-9-21)25(19-38-29)26(35)32-18-24-7-2-3-14-31-24/h2-11,14,17,25H,12-13,15-16,18-19H2,1H3,(H,32,35)/t25-/m0/s1. The Morgan fingerprint density at radius 2 is 1.76 bits per heavy atom. The lowest BCUT2D eigenvalue weighted by atomic mass is 9.96. The third kappa shape index (κ3) is 5.15. The summed E-state index contributed by atoms with van der Waals surface area (Å²) in [6, 6.07) is 17.2. The monoisotopic (exact) mass is 516 g/mol. The third-order valence-electron chi connectivity index (χ3n) is 7.14. The van der Waals surface area contributed by atoms with E-state index in [2.05, 4.69) is 10.3 Å². The molecule has 1 N–H and O–H groups in total. The molecule has 2 saturated heterocycles. The maximum atomic E-state index is 13.7. The smallest absolute Gasteiger partial charge is 0.256 e. The third-order valence-corrected chi connectivity index (χ3v) is 7.14. The van der Waals surface area contributed by atoms with E-state index in [4.69, 9.17) is 4.74 Å². The van der Waals surface area contributed by atoms with E-state index >= 15 is 0 Å². The Balaban J connectivity index is 1.36. The van der Waals surface area contributed by atoms with E-state index in [1.807, 2.05) is 31.2 Å². The van der Waals surface area contributed by atoms with Crippen molar-refractivity contribution >= 4 is 17.7 Å². The summed E-state index contributed by atoms with van der Waals surface area (Å²) >= 11 is 0. The number of benzene rings is 2. The highest BCUT2D eigenvalue weighted by Gasteiger charge is 2.54. The fraction of sp³-hybridized carbons (Fsp3) is 0.310. The van der Waals surface area contributed by atoms with E-state index in [-0.39, 0.29) is 30.5 Å². The first-order valence-electron chi connectivity index (χ1n) is 12.6. The van der Waals surface area contributed by atoms with Gasteiger partial charge in [0.2, 0.25) is 5.91 Å². The summed E-state index contributed by atoms with van der Waals surface area (Å²) in [5, 5.41) is 2.86. The molecule has 196 valence electrons. The van der Waals surface area contributed by atoms with Crippen molar-refractivity contribution < 1.29 is 23.5 Å². The second-order valence-corrected chi connectivity index (χ2v) is 9.66. The summed E-state index contributed by atoms with van der Waals surface area (Å²) in [7, 11) is 0. The molecule has 38 heavy (non-hydrogen) atoms. The van der Waals surface area contributed by atoms with Crippen molar-refractivity contribution in [3.05, 3.63) is 101 Å². The number of carbonyl (C=O) groups is 3. The fourth-order valence-corrected chi connectivity index (χ4v) is 5.12. The topological polar surface area (TPSA) is 91.8 Å². The van der Waals surface area contributed by atoms with Gasteiger partial charge in [-0.1, -0.05) is 23.8 Å². The Labute approximate surface area is 220 Å². The molecule has 0 aliphatic carbocycles. The van der Waals surface area contributed by atoms with Crippen molar-refractivity contribution in [1.82, 2.24) is 20.1 Å². The Hall–Kier alpha value is -4.11. The van der Waals surface area contributed by atoms with Crippen LogP contribution in [0.5, 0.6) is 0 Å². The van der Waals surface area contributed by atoms with E-state index in [9.17, 15) is 18.8 Å². The minimum atomic E-state index is -1.05. The molecule has 0 radical (unpaired) electrons. The molecule has 2 aliphatic heterocycles. The van der Waals surface area contributed by atoms with Crippen LogP contribution in [0.15, 0.2) is 72.9 Å². The number of piperidine rings is 1. The van der Waals surface area contributed by atoms with E-state index in [1.165, 1.54) is 29.2 Å². The Morgan fingerprint density at radius 3 is 2.45 bits per heavy atom. The first kappa shape index (κ1) is 25.5. The molecule has 9 heteroatoms. The van der Waals surface area contributed by atoms with Gasteiger partial charge < -0.3 is 15.0 Å². The average molecular weight is 517 g/mol. The van der Waals surface area contributed by atoms with Crippen LogP contribution >= 0.6 is 0 Å². The normalized spacial score (nSPS) is 18.4. The first-order chi connectivity index (χ1) is 18.4. The molecule has 2 aliphatic rings. The summed E-state index contributed by atoms with van der Waals surface area (Å²) < 4.78 is 19.8. The number of nitrogens with one attached hydrogen (secondary N) is 1. The van der Waals surface area contributed by atoms with E-state index in [0.717, 1.165) is 5.56 Å². The van der Waals surface area contributed by atoms with Crippen molar-refractivity contribution in [2.24, 2.45) is 0 Å². The van der Waals surface area contributed by atoms with Crippen LogP contribution in [-0.2, 0) is 16.1 Å². The summed E-state index contributed by atoms with van der Waals surface area (Å²) in [6.07, 6.45) is 2.34. The summed E-state index contributed by atoms with van der Waals surface area (Å²) in [5.74, 6) is -1.32. The first-order valence-corrected chi connectivity index (χ1v) is 12.6. The van der Waals surface area contributed by atoms with Crippen molar-refractivity contribution in [1.29, 1.82) is 0 Å². The minimum Gasteiger partial charge on any atom is -0.353 e. The highest BCUT2D eigenvalue weighted by Crippen LogP contribution is 2.39. The van der Waals surface area contributed by atoms with Crippen LogP contribution in [-0.4, -0.2) is 64.0 Å². The number of nitrogens with zero attached hydrogens (tertiary/aromatic N) is 3. The Kier molecular flexibility index (Phi) is 7.20. The van der Waals surface area contributed by atoms with Gasteiger partial charge in [0.25, 0.3) is 11.8 Å². The molecule has 0 saturated carbocycles. The van der Waals surface area contributed by atoms with Crippen LogP contribution < -0.4 is 5.32 Å². The van der Waals surface area contributed by atoms with Crippen LogP contribution in [0.1, 0.15) is 44.8 Å². The van der Waals surface area contributed by atoms with Crippen molar-refractivity contribution in [3.8, 4) is 0 Å². The number of carbonyl (C=O) groups excluding carboxylic acids is 3. The van der Waals surface area contributed by atoms with Gasteiger partial charge in [0, 0.05) is 43.3 Å². The van der Waals surface area contributed by atoms with Crippen molar-refractivity contribution in [3.63, 3.8) is 0 Å². The Bertz CT molecular complexity index is 1320. The van der Waals surface area contributed by atoms with Gasteiger partial charge in [0.05, 0.1) is 18.8 Å². The van der Waals surface area contributed by atoms with Gasteiger partial charge in [-0.15, -0.1) is 0 Å². The van der Waals surface area contributed by atoms with E-state index < -0.39 is 23.5 Å². The number of pyridine rings is 1. The molecule has 1 atom stereocenters. The molecule has 0 unspecified atom stereocenters. The van der Waals surface area contributed by atoms with Gasteiger partial charge in [-0.25, -0.2) is 4.39 Å². The predicted octanol–water partition coefficient (Wildman–Crippen LogP) is 3.32. The maximum absolute atomic E-state index is 13.7. The molecule has 3 heterocycles. The number of aromatic nitrogens is 1. The maximum Gasteiger partial charge on any atom is 0.256 e. The Morgan fingerprint density at radius 1 is 1.00 bits per heavy atom. The lowest BCUT2D eigenvalue weighted by Crippen LogP contribution is -2.59. The van der Waals surface area contributed by atoms with Crippen LogP contribution in [0, 0.1) is 12.7 Å². The zero-order valence-electron chi connectivity index (χ0n) is 21.1. The molecular weight excluding hydrogens is 487 g/mol. The highest BCUT2D eigenvalue weighted by molar-refractivity contribution is 5.98. The number of ether oxygens (including phenoxy) is 1. The molecule has 0 bridgehead atoms. The molecule has 3 aromatic rings. The molecule has 5 rings (SSSR count). The quantitative estimate of drug-likeness (QED) is 0.562. The predicted molar refractivity (Wildman–Crippen MR) is 137 cm³/mol. The second-order valence-electron chi connectivity index (χ2n) is 9.66. The minimum absolute atomic E-state index is 0.0206. The lowest BCUT2D eigenvalue weighted by molar-refractivity contribution is -0.128. The molecule has 3 amide bonds. The zero-order valence-corrected chi connectivity index (χ0v) is 21.1. The molecule has 1 aromatic heterocycles. The molecule has 2 fully saturated rings. The van der Waals surface area contributed by atoms with Gasteiger partial charge in [-0.2, -0.15) is 0 Å². The summed E-state index contributed by atoms with van der Waals surface area (Å²) in [6.45, 7) is 2.89. The number of hydrogen-bond donors (Lipinski definition) is 1. The second kappa shape index (κ2) is 10.7. The van der Waals surface area contributed by atoms with E-state index in [0.29, 0.717) is 37.2 Å². The molecule has 8 nitrogen and oxygen atoms in total. The summed E-state index contributed by atoms with van der Waals surface area (Å²) in [5.41, 5.74) is 1.51. The molecular formula is C29H29FN4O4. The van der Waals surface area contributed by atoms with Crippen molar-refractivity contribution in [2.75, 3.05) is 19.7 Å². The zero-order chi connectivity index (χ0) is 26.7. The van der Waals surface area contributed by atoms with Gasteiger partial charge in [0.15, 0.2) is 0 Å². The number of halogens is 1. The number of amides is 3. The molecule has 2 aromatic carbocycles. The number of hydrogen-bond acceptors (Lipinski definition) is 5. The van der Waals surface area contributed by atoms with Gasteiger partial charge >= 0.3 is 0 Å². The summed E-state index contributed by atoms with van der Waals surface area (Å²) in [4.78, 5) is 47.6. The van der Waals surface area contributed by atoms with Crippen LogP contribution in [0.2, 0.25) is 0 Å². The highest BCUT2D eigenvalue weighted by atomic mass is 19.1. The number of aryl methyl sites for hydroxylation is 1. The molecule has 1 spiro atoms. The number of likely N-dealkylation sites (tertiary alicyclic amines) is 1. The van der Waals surface area contributed by atoms with E-state index in [1.54, 1.807) is 29.3 Å². The SMILES string of the molecule is Cc1cccc(C(=O)N2CCC3(CC2)OC[C@@H](C(=O)NCc2ccccn2)N3C(=O)c2ccc(F)cc2)c1. The largest absolute Gasteiger partial charge is 0.353 e.